The smallest absolute Gasteiger partial charge is 0.262 e. The number of hydrazone groups is 1. The Morgan fingerprint density at radius 2 is 1.79 bits per heavy atom. The van der Waals surface area contributed by atoms with Crippen molar-refractivity contribution in [3.05, 3.63) is 95.3 Å². The van der Waals surface area contributed by atoms with Crippen molar-refractivity contribution in [2.24, 2.45) is 12.1 Å². The van der Waals surface area contributed by atoms with E-state index in [4.69, 9.17) is 4.74 Å². The number of rotatable bonds is 8. The van der Waals surface area contributed by atoms with Gasteiger partial charge in [0.1, 0.15) is 18.2 Å². The fourth-order valence-corrected chi connectivity index (χ4v) is 4.98. The summed E-state index contributed by atoms with van der Waals surface area (Å²) in [7, 11) is 1.90. The number of morpholine rings is 1. The van der Waals surface area contributed by atoms with Gasteiger partial charge in [-0.05, 0) is 48.0 Å². The first-order valence-electron chi connectivity index (χ1n) is 13.0. The van der Waals surface area contributed by atoms with Gasteiger partial charge in [-0.3, -0.25) is 14.5 Å². The number of amides is 2. The summed E-state index contributed by atoms with van der Waals surface area (Å²) >= 11 is 0. The molecule has 0 spiro atoms. The van der Waals surface area contributed by atoms with Gasteiger partial charge in [0.25, 0.3) is 11.8 Å². The van der Waals surface area contributed by atoms with Crippen LogP contribution in [0.25, 0.3) is 0 Å². The highest BCUT2D eigenvalue weighted by Gasteiger charge is 2.35. The number of hydrogen-bond acceptors (Lipinski definition) is 5. The lowest BCUT2D eigenvalue weighted by Crippen LogP contribution is -2.46. The number of halogens is 2. The molecule has 8 nitrogen and oxygen atoms in total. The summed E-state index contributed by atoms with van der Waals surface area (Å²) in [5.74, 6) is -1.69. The second kappa shape index (κ2) is 11.9. The number of carbonyl (C=O) groups excluding carboxylic acids is 2. The minimum absolute atomic E-state index is 0.175. The van der Waals surface area contributed by atoms with Gasteiger partial charge in [0.15, 0.2) is 0 Å². The SMILES string of the molecule is Cn1cccc1C1=NN(C(=O)CN(CCN2CCOCC2)C(=O)c2cccc(F)c2)C(c2ccc(F)cc2)C1. The third-order valence-electron chi connectivity index (χ3n) is 7.13. The number of ether oxygens (including phenoxy) is 1. The summed E-state index contributed by atoms with van der Waals surface area (Å²) < 4.78 is 35.0. The number of aryl methyl sites for hydroxylation is 1. The molecule has 2 aliphatic heterocycles. The molecular weight excluding hydrogens is 504 g/mol. The van der Waals surface area contributed by atoms with E-state index >= 15 is 0 Å². The lowest BCUT2D eigenvalue weighted by molar-refractivity contribution is -0.133. The number of hydrogen-bond donors (Lipinski definition) is 0. The van der Waals surface area contributed by atoms with Gasteiger partial charge in [0.2, 0.25) is 0 Å². The van der Waals surface area contributed by atoms with Gasteiger partial charge >= 0.3 is 0 Å². The molecule has 1 atom stereocenters. The predicted molar refractivity (Wildman–Crippen MR) is 142 cm³/mol. The zero-order chi connectivity index (χ0) is 27.4. The van der Waals surface area contributed by atoms with Crippen LogP contribution in [0.2, 0.25) is 0 Å². The number of benzene rings is 2. The molecule has 1 saturated heterocycles. The molecule has 2 aromatic carbocycles. The third-order valence-corrected chi connectivity index (χ3v) is 7.13. The fraction of sp³-hybridized carbons (Fsp3) is 0.345. The van der Waals surface area contributed by atoms with Crippen molar-refractivity contribution in [2.45, 2.75) is 12.5 Å². The minimum Gasteiger partial charge on any atom is -0.379 e. The third kappa shape index (κ3) is 6.23. The zero-order valence-corrected chi connectivity index (χ0v) is 21.8. The molecule has 0 saturated carbocycles. The maximum atomic E-state index is 13.9. The summed E-state index contributed by atoms with van der Waals surface area (Å²) in [6.07, 6.45) is 2.35. The second-order valence-corrected chi connectivity index (χ2v) is 9.75. The molecular formula is C29H31F2N5O3. The predicted octanol–water partition coefficient (Wildman–Crippen LogP) is 3.46. The quantitative estimate of drug-likeness (QED) is 0.443. The number of nitrogens with zero attached hydrogens (tertiary/aromatic N) is 5. The van der Waals surface area contributed by atoms with Crippen molar-refractivity contribution in [1.29, 1.82) is 0 Å². The molecule has 0 aliphatic carbocycles. The van der Waals surface area contributed by atoms with E-state index in [1.54, 1.807) is 18.2 Å². The van der Waals surface area contributed by atoms with Crippen molar-refractivity contribution in [3.63, 3.8) is 0 Å². The summed E-state index contributed by atoms with van der Waals surface area (Å²) in [4.78, 5) is 30.9. The lowest BCUT2D eigenvalue weighted by atomic mass is 10.0. The summed E-state index contributed by atoms with van der Waals surface area (Å²) in [5.41, 5.74) is 2.52. The molecule has 3 heterocycles. The Morgan fingerprint density at radius 3 is 2.49 bits per heavy atom. The van der Waals surface area contributed by atoms with Crippen LogP contribution in [0.3, 0.4) is 0 Å². The molecule has 0 bridgehead atoms. The lowest BCUT2D eigenvalue weighted by Gasteiger charge is -2.31. The van der Waals surface area contributed by atoms with E-state index in [2.05, 4.69) is 10.0 Å². The molecule has 10 heteroatoms. The van der Waals surface area contributed by atoms with Gasteiger partial charge in [-0.15, -0.1) is 0 Å². The summed E-state index contributed by atoms with van der Waals surface area (Å²) in [6, 6.07) is 14.9. The van der Waals surface area contributed by atoms with Crippen molar-refractivity contribution < 1.29 is 23.1 Å². The molecule has 0 N–H and O–H groups in total. The maximum absolute atomic E-state index is 13.9. The number of carbonyl (C=O) groups is 2. The molecule has 39 heavy (non-hydrogen) atoms. The molecule has 1 unspecified atom stereocenters. The zero-order valence-electron chi connectivity index (χ0n) is 21.8. The summed E-state index contributed by atoms with van der Waals surface area (Å²) in [5, 5.41) is 6.08. The molecule has 2 amide bonds. The monoisotopic (exact) mass is 535 g/mol. The molecule has 204 valence electrons. The van der Waals surface area contributed by atoms with E-state index in [-0.39, 0.29) is 30.4 Å². The molecule has 0 radical (unpaired) electrons. The second-order valence-electron chi connectivity index (χ2n) is 9.75. The Morgan fingerprint density at radius 1 is 1.03 bits per heavy atom. The fourth-order valence-electron chi connectivity index (χ4n) is 4.98. The van der Waals surface area contributed by atoms with E-state index in [0.29, 0.717) is 26.2 Å². The normalized spacial score (nSPS) is 17.8. The van der Waals surface area contributed by atoms with Crippen molar-refractivity contribution in [1.82, 2.24) is 19.4 Å². The van der Waals surface area contributed by atoms with Crippen LogP contribution in [0.4, 0.5) is 8.78 Å². The van der Waals surface area contributed by atoms with E-state index < -0.39 is 17.8 Å². The first-order chi connectivity index (χ1) is 18.9. The van der Waals surface area contributed by atoms with Crippen molar-refractivity contribution in [2.75, 3.05) is 45.9 Å². The van der Waals surface area contributed by atoms with Gasteiger partial charge < -0.3 is 14.2 Å². The standard InChI is InChI=1S/C29H31F2N5O3/c1-33-11-3-6-26(33)25-19-27(21-7-9-23(30)10-8-21)36(32-25)28(37)20-35(13-12-34-14-16-39-17-15-34)29(38)22-4-2-5-24(31)18-22/h2-11,18,27H,12-17,19-20H2,1H3. The molecule has 1 fully saturated rings. The Bertz CT molecular complexity index is 1350. The van der Waals surface area contributed by atoms with Gasteiger partial charge in [-0.1, -0.05) is 18.2 Å². The molecule has 3 aromatic rings. The van der Waals surface area contributed by atoms with Crippen LogP contribution in [-0.4, -0.2) is 82.8 Å². The first-order valence-corrected chi connectivity index (χ1v) is 13.0. The van der Waals surface area contributed by atoms with Crippen LogP contribution in [0, 0.1) is 11.6 Å². The highest BCUT2D eigenvalue weighted by molar-refractivity contribution is 6.02. The van der Waals surface area contributed by atoms with Crippen LogP contribution < -0.4 is 0 Å². The van der Waals surface area contributed by atoms with Crippen LogP contribution in [0.1, 0.15) is 34.1 Å². The van der Waals surface area contributed by atoms with Crippen LogP contribution in [0.5, 0.6) is 0 Å². The van der Waals surface area contributed by atoms with Gasteiger partial charge in [0.05, 0.1) is 30.7 Å². The van der Waals surface area contributed by atoms with Crippen LogP contribution in [0.15, 0.2) is 72.0 Å². The van der Waals surface area contributed by atoms with Crippen molar-refractivity contribution >= 4 is 17.5 Å². The molecule has 1 aromatic heterocycles. The van der Waals surface area contributed by atoms with Gasteiger partial charge in [-0.25, -0.2) is 13.8 Å². The topological polar surface area (TPSA) is 70.4 Å². The summed E-state index contributed by atoms with van der Waals surface area (Å²) in [6.45, 7) is 3.29. The average molecular weight is 536 g/mol. The van der Waals surface area contributed by atoms with Crippen LogP contribution in [-0.2, 0) is 16.6 Å². The molecule has 5 rings (SSSR count). The number of aromatic nitrogens is 1. The van der Waals surface area contributed by atoms with E-state index in [9.17, 15) is 18.4 Å². The maximum Gasteiger partial charge on any atom is 0.262 e. The average Bonchev–Trinajstić information content (AvgIpc) is 3.58. The largest absolute Gasteiger partial charge is 0.379 e. The van der Waals surface area contributed by atoms with Gasteiger partial charge in [-0.2, -0.15) is 5.10 Å². The first kappa shape index (κ1) is 26.7. The van der Waals surface area contributed by atoms with E-state index in [1.807, 2.05) is 29.9 Å². The Kier molecular flexibility index (Phi) is 8.13. The van der Waals surface area contributed by atoms with E-state index in [1.165, 1.54) is 40.2 Å². The Labute approximate surface area is 226 Å². The minimum atomic E-state index is -0.520. The Balaban J connectivity index is 1.41. The van der Waals surface area contributed by atoms with Crippen LogP contribution >= 0.6 is 0 Å². The molecule has 2 aliphatic rings. The van der Waals surface area contributed by atoms with E-state index in [0.717, 1.165) is 30.1 Å². The highest BCUT2D eigenvalue weighted by atomic mass is 19.1. The Hall–Kier alpha value is -3.89. The van der Waals surface area contributed by atoms with Gasteiger partial charge in [0, 0.05) is 51.4 Å². The van der Waals surface area contributed by atoms with Crippen molar-refractivity contribution in [3.8, 4) is 0 Å². The highest BCUT2D eigenvalue weighted by Crippen LogP contribution is 2.33.